The summed E-state index contributed by atoms with van der Waals surface area (Å²) in [5, 5.41) is 7.55. The number of hydrogen-bond acceptors (Lipinski definition) is 4. The summed E-state index contributed by atoms with van der Waals surface area (Å²) < 4.78 is 1.97. The summed E-state index contributed by atoms with van der Waals surface area (Å²) in [5.41, 5.74) is 0. The molecule has 2 heterocycles. The van der Waals surface area contributed by atoms with E-state index in [0.717, 1.165) is 32.7 Å². The lowest BCUT2D eigenvalue weighted by Crippen LogP contribution is -2.30. The highest BCUT2D eigenvalue weighted by Crippen LogP contribution is 2.17. The van der Waals surface area contributed by atoms with Gasteiger partial charge in [-0.15, -0.1) is 10.2 Å². The Morgan fingerprint density at radius 1 is 1.44 bits per heavy atom. The first-order valence-corrected chi connectivity index (χ1v) is 6.47. The van der Waals surface area contributed by atoms with Crippen molar-refractivity contribution in [2.75, 3.05) is 33.2 Å². The number of rotatable bonds is 6. The van der Waals surface area contributed by atoms with E-state index in [1.165, 1.54) is 0 Å². The molecule has 1 saturated heterocycles. The number of nitrogens with zero attached hydrogens (tertiary/aromatic N) is 5. The summed E-state index contributed by atoms with van der Waals surface area (Å²) in [4.78, 5) is 15.8. The Bertz CT molecular complexity index is 378. The van der Waals surface area contributed by atoms with Crippen molar-refractivity contribution in [3.63, 3.8) is 0 Å². The third kappa shape index (κ3) is 3.29. The van der Waals surface area contributed by atoms with Crippen LogP contribution in [-0.4, -0.2) is 63.7 Å². The summed E-state index contributed by atoms with van der Waals surface area (Å²) in [6, 6.07) is 0. The molecule has 0 unspecified atom stereocenters. The number of hydrogen-bond donors (Lipinski definition) is 0. The number of amides is 1. The lowest BCUT2D eigenvalue weighted by Gasteiger charge is -2.20. The van der Waals surface area contributed by atoms with Gasteiger partial charge in [0.2, 0.25) is 5.91 Å². The molecule has 0 saturated carbocycles. The van der Waals surface area contributed by atoms with Crippen molar-refractivity contribution in [3.05, 3.63) is 12.7 Å². The average Bonchev–Trinajstić information content (AvgIpc) is 2.96. The zero-order chi connectivity index (χ0) is 13.0. The molecule has 2 rings (SSSR count). The Morgan fingerprint density at radius 2 is 2.17 bits per heavy atom. The van der Waals surface area contributed by atoms with Crippen LogP contribution in [-0.2, 0) is 11.3 Å². The van der Waals surface area contributed by atoms with Gasteiger partial charge in [-0.1, -0.05) is 0 Å². The molecule has 0 spiro atoms. The zero-order valence-electron chi connectivity index (χ0n) is 11.1. The van der Waals surface area contributed by atoms with Crippen LogP contribution in [0.3, 0.4) is 0 Å². The molecule has 1 fully saturated rings. The highest BCUT2D eigenvalue weighted by atomic mass is 16.2. The number of likely N-dealkylation sites (N-methyl/N-ethyl adjacent to an activating group) is 1. The van der Waals surface area contributed by atoms with Gasteiger partial charge >= 0.3 is 0 Å². The van der Waals surface area contributed by atoms with E-state index in [1.54, 1.807) is 12.7 Å². The van der Waals surface area contributed by atoms with Gasteiger partial charge in [0.1, 0.15) is 12.7 Å². The van der Waals surface area contributed by atoms with E-state index in [0.29, 0.717) is 18.2 Å². The van der Waals surface area contributed by atoms with Crippen molar-refractivity contribution in [3.8, 4) is 0 Å². The van der Waals surface area contributed by atoms with Crippen LogP contribution in [0.2, 0.25) is 0 Å². The number of carbonyl (C=O) groups excluding carboxylic acids is 1. The fraction of sp³-hybridized carbons (Fsp3) is 0.750. The molecule has 1 atom stereocenters. The monoisotopic (exact) mass is 251 g/mol. The normalized spacial score (nSPS) is 20.1. The third-order valence-electron chi connectivity index (χ3n) is 3.45. The SMILES string of the molecule is CCN1C[C@@H](CN(C)CCn2cnnc2)CC1=O. The molecule has 0 N–H and O–H groups in total. The van der Waals surface area contributed by atoms with Gasteiger partial charge in [-0.05, 0) is 19.9 Å². The van der Waals surface area contributed by atoms with Gasteiger partial charge in [0.05, 0.1) is 0 Å². The Morgan fingerprint density at radius 3 is 2.78 bits per heavy atom. The lowest BCUT2D eigenvalue weighted by molar-refractivity contribution is -0.127. The van der Waals surface area contributed by atoms with Crippen LogP contribution in [0.1, 0.15) is 13.3 Å². The maximum atomic E-state index is 11.6. The summed E-state index contributed by atoms with van der Waals surface area (Å²) in [6.07, 6.45) is 4.16. The average molecular weight is 251 g/mol. The first-order chi connectivity index (χ1) is 8.69. The van der Waals surface area contributed by atoms with Crippen molar-refractivity contribution in [1.29, 1.82) is 0 Å². The largest absolute Gasteiger partial charge is 0.343 e. The van der Waals surface area contributed by atoms with Crippen LogP contribution < -0.4 is 0 Å². The molecule has 0 aliphatic carbocycles. The topological polar surface area (TPSA) is 54.3 Å². The predicted octanol–water partition coefficient (Wildman–Crippen LogP) is 0.0783. The van der Waals surface area contributed by atoms with E-state index in [4.69, 9.17) is 0 Å². The summed E-state index contributed by atoms with van der Waals surface area (Å²) >= 11 is 0. The molecule has 100 valence electrons. The molecule has 1 aromatic rings. The van der Waals surface area contributed by atoms with Crippen molar-refractivity contribution >= 4 is 5.91 Å². The van der Waals surface area contributed by atoms with E-state index in [9.17, 15) is 4.79 Å². The first kappa shape index (κ1) is 13.0. The Balaban J connectivity index is 1.71. The minimum Gasteiger partial charge on any atom is -0.343 e. The molecule has 0 aromatic carbocycles. The molecule has 0 bridgehead atoms. The summed E-state index contributed by atoms with van der Waals surface area (Å²) in [6.45, 7) is 6.60. The number of carbonyl (C=O) groups is 1. The van der Waals surface area contributed by atoms with E-state index in [2.05, 4.69) is 22.1 Å². The van der Waals surface area contributed by atoms with Gasteiger partial charge in [0, 0.05) is 39.1 Å². The van der Waals surface area contributed by atoms with E-state index in [1.807, 2.05) is 16.4 Å². The summed E-state index contributed by atoms with van der Waals surface area (Å²) in [5.74, 6) is 0.776. The molecule has 6 nitrogen and oxygen atoms in total. The number of likely N-dealkylation sites (tertiary alicyclic amines) is 1. The quantitative estimate of drug-likeness (QED) is 0.718. The van der Waals surface area contributed by atoms with Gasteiger partial charge in [0.15, 0.2) is 0 Å². The van der Waals surface area contributed by atoms with Crippen LogP contribution in [0.15, 0.2) is 12.7 Å². The molecule has 1 aliphatic rings. The molecule has 1 aliphatic heterocycles. The lowest BCUT2D eigenvalue weighted by atomic mass is 10.1. The van der Waals surface area contributed by atoms with Crippen LogP contribution in [0.5, 0.6) is 0 Å². The van der Waals surface area contributed by atoms with Crippen molar-refractivity contribution in [2.24, 2.45) is 5.92 Å². The molecular weight excluding hydrogens is 230 g/mol. The van der Waals surface area contributed by atoms with Gasteiger partial charge in [-0.25, -0.2) is 0 Å². The van der Waals surface area contributed by atoms with E-state index >= 15 is 0 Å². The fourth-order valence-corrected chi connectivity index (χ4v) is 2.44. The fourth-order valence-electron chi connectivity index (χ4n) is 2.44. The minimum absolute atomic E-state index is 0.301. The molecule has 6 heteroatoms. The van der Waals surface area contributed by atoms with Crippen LogP contribution >= 0.6 is 0 Å². The van der Waals surface area contributed by atoms with Crippen LogP contribution in [0, 0.1) is 5.92 Å². The highest BCUT2D eigenvalue weighted by molar-refractivity contribution is 5.78. The molecule has 18 heavy (non-hydrogen) atoms. The Kier molecular flexibility index (Phi) is 4.30. The standard InChI is InChI=1S/C12H21N5O/c1-3-17-8-11(6-12(17)18)7-15(2)4-5-16-9-13-14-10-16/h9-11H,3-8H2,1-2H3/t11-/m1/s1. The van der Waals surface area contributed by atoms with Crippen LogP contribution in [0.4, 0.5) is 0 Å². The van der Waals surface area contributed by atoms with Crippen molar-refractivity contribution < 1.29 is 4.79 Å². The Hall–Kier alpha value is -1.43. The highest BCUT2D eigenvalue weighted by Gasteiger charge is 2.28. The predicted molar refractivity (Wildman–Crippen MR) is 67.9 cm³/mol. The molecule has 1 amide bonds. The second-order valence-electron chi connectivity index (χ2n) is 4.96. The maximum Gasteiger partial charge on any atom is 0.222 e. The second-order valence-corrected chi connectivity index (χ2v) is 4.96. The maximum absolute atomic E-state index is 11.6. The molecule has 1 aromatic heterocycles. The van der Waals surface area contributed by atoms with Gasteiger partial charge < -0.3 is 14.4 Å². The number of aromatic nitrogens is 3. The second kappa shape index (κ2) is 5.95. The van der Waals surface area contributed by atoms with Gasteiger partial charge in [-0.2, -0.15) is 0 Å². The minimum atomic E-state index is 0.301. The Labute approximate surface area is 108 Å². The molecular formula is C12H21N5O. The van der Waals surface area contributed by atoms with E-state index in [-0.39, 0.29) is 0 Å². The summed E-state index contributed by atoms with van der Waals surface area (Å²) in [7, 11) is 2.10. The first-order valence-electron chi connectivity index (χ1n) is 6.47. The third-order valence-corrected chi connectivity index (χ3v) is 3.45. The molecule has 0 radical (unpaired) electrons. The van der Waals surface area contributed by atoms with Crippen molar-refractivity contribution in [2.45, 2.75) is 19.9 Å². The van der Waals surface area contributed by atoms with Crippen molar-refractivity contribution in [1.82, 2.24) is 24.6 Å². The van der Waals surface area contributed by atoms with Gasteiger partial charge in [0.25, 0.3) is 0 Å². The van der Waals surface area contributed by atoms with E-state index < -0.39 is 0 Å². The smallest absolute Gasteiger partial charge is 0.222 e. The van der Waals surface area contributed by atoms with Crippen LogP contribution in [0.25, 0.3) is 0 Å². The van der Waals surface area contributed by atoms with Gasteiger partial charge in [-0.3, -0.25) is 4.79 Å². The zero-order valence-corrected chi connectivity index (χ0v) is 11.1.